The molecule has 0 unspecified atom stereocenters. The van der Waals surface area contributed by atoms with E-state index in [1.165, 1.54) is 0 Å². The van der Waals surface area contributed by atoms with Crippen molar-refractivity contribution >= 4 is 5.91 Å². The molecule has 1 amide bonds. The number of carbonyl (C=O) groups is 1. The lowest BCUT2D eigenvalue weighted by Gasteiger charge is -2.35. The fourth-order valence-electron chi connectivity index (χ4n) is 2.74. The number of carbonyl (C=O) groups excluding carboxylic acids is 1. The summed E-state index contributed by atoms with van der Waals surface area (Å²) in [6.07, 6.45) is 2.87. The third kappa shape index (κ3) is 5.80. The molecule has 1 saturated heterocycles. The summed E-state index contributed by atoms with van der Waals surface area (Å²) in [6.45, 7) is 7.93. The van der Waals surface area contributed by atoms with Gasteiger partial charge in [-0.1, -0.05) is 6.07 Å². The Bertz CT molecular complexity index is 556. The van der Waals surface area contributed by atoms with Crippen LogP contribution in [0.5, 0.6) is 0 Å². The molecule has 0 aliphatic carbocycles. The first-order chi connectivity index (χ1) is 11.1. The van der Waals surface area contributed by atoms with Crippen molar-refractivity contribution in [3.8, 4) is 0 Å². The average molecular weight is 321 g/mol. The molecule has 1 N–H and O–H groups in total. The van der Waals surface area contributed by atoms with Gasteiger partial charge in [-0.05, 0) is 26.3 Å². The molecule has 1 atom stereocenters. The summed E-state index contributed by atoms with van der Waals surface area (Å²) < 4.78 is 7.32. The highest BCUT2D eigenvalue weighted by Crippen LogP contribution is 2.11. The van der Waals surface area contributed by atoms with E-state index in [0.717, 1.165) is 19.5 Å². The van der Waals surface area contributed by atoms with Gasteiger partial charge in [0.2, 0.25) is 11.5 Å². The van der Waals surface area contributed by atoms with Gasteiger partial charge in [0.25, 0.3) is 0 Å². The van der Waals surface area contributed by atoms with Gasteiger partial charge >= 0.3 is 0 Å². The van der Waals surface area contributed by atoms with Gasteiger partial charge in [0.15, 0.2) is 0 Å². The number of hydrogen-bond acceptors (Lipinski definition) is 4. The Morgan fingerprint density at radius 2 is 2.26 bits per heavy atom. The summed E-state index contributed by atoms with van der Waals surface area (Å²) in [5.41, 5.74) is -0.0109. The van der Waals surface area contributed by atoms with Crippen LogP contribution in [0.3, 0.4) is 0 Å². The van der Waals surface area contributed by atoms with Gasteiger partial charge in [-0.2, -0.15) is 0 Å². The summed E-state index contributed by atoms with van der Waals surface area (Å²) in [5.74, 6) is 0.0148. The highest BCUT2D eigenvalue weighted by molar-refractivity contribution is 5.76. The van der Waals surface area contributed by atoms with Crippen molar-refractivity contribution < 1.29 is 9.53 Å². The predicted molar refractivity (Wildman–Crippen MR) is 89.4 cm³/mol. The third-order valence-electron chi connectivity index (χ3n) is 4.11. The number of morpholine rings is 1. The maximum atomic E-state index is 12.0. The predicted octanol–water partition coefficient (Wildman–Crippen LogP) is 0.854. The molecule has 0 aromatic carbocycles. The SMILES string of the molecule is CC(C)N1CCO[C@H](CC(=O)NCCCn2ccccc2=O)C1. The number of ether oxygens (including phenoxy) is 1. The minimum atomic E-state index is -0.0251. The first kappa shape index (κ1) is 17.7. The molecule has 2 rings (SSSR count). The minimum Gasteiger partial charge on any atom is -0.375 e. The fourth-order valence-corrected chi connectivity index (χ4v) is 2.74. The number of aromatic nitrogens is 1. The van der Waals surface area contributed by atoms with Crippen LogP contribution in [-0.4, -0.2) is 53.8 Å². The lowest BCUT2D eigenvalue weighted by molar-refractivity contribution is -0.126. The van der Waals surface area contributed by atoms with Crippen LogP contribution in [0, 0.1) is 0 Å². The first-order valence-electron chi connectivity index (χ1n) is 8.34. The maximum absolute atomic E-state index is 12.0. The van der Waals surface area contributed by atoms with Crippen LogP contribution in [0.25, 0.3) is 0 Å². The molecule has 0 spiro atoms. The molecule has 23 heavy (non-hydrogen) atoms. The number of nitrogens with one attached hydrogen (secondary N) is 1. The normalized spacial score (nSPS) is 19.0. The van der Waals surface area contributed by atoms with Crippen molar-refractivity contribution in [3.05, 3.63) is 34.7 Å². The second-order valence-electron chi connectivity index (χ2n) is 6.22. The monoisotopic (exact) mass is 321 g/mol. The second kappa shape index (κ2) is 8.84. The standard InChI is InChI=1S/C17H27N3O3/c1-14(2)20-10-11-23-15(13-20)12-16(21)18-7-5-9-19-8-4-3-6-17(19)22/h3-4,6,8,14-15H,5,7,9-13H2,1-2H3,(H,18,21)/t15-/m1/s1. The van der Waals surface area contributed by atoms with Crippen LogP contribution in [0.15, 0.2) is 29.2 Å². The second-order valence-corrected chi connectivity index (χ2v) is 6.22. The molecular formula is C17H27N3O3. The van der Waals surface area contributed by atoms with Crippen molar-refractivity contribution in [2.75, 3.05) is 26.2 Å². The zero-order valence-corrected chi connectivity index (χ0v) is 14.0. The molecule has 6 heteroatoms. The summed E-state index contributed by atoms with van der Waals surface area (Å²) >= 11 is 0. The van der Waals surface area contributed by atoms with Gasteiger partial charge in [0.05, 0.1) is 19.1 Å². The highest BCUT2D eigenvalue weighted by atomic mass is 16.5. The zero-order valence-electron chi connectivity index (χ0n) is 14.0. The molecule has 0 bridgehead atoms. The largest absolute Gasteiger partial charge is 0.375 e. The lowest BCUT2D eigenvalue weighted by atomic mass is 10.1. The Morgan fingerprint density at radius 1 is 1.43 bits per heavy atom. The van der Waals surface area contributed by atoms with Gasteiger partial charge in [0, 0.05) is 44.5 Å². The van der Waals surface area contributed by atoms with Crippen molar-refractivity contribution in [2.45, 2.75) is 45.4 Å². The lowest BCUT2D eigenvalue weighted by Crippen LogP contribution is -2.47. The van der Waals surface area contributed by atoms with Crippen LogP contribution in [0.1, 0.15) is 26.7 Å². The van der Waals surface area contributed by atoms with Crippen molar-refractivity contribution in [2.24, 2.45) is 0 Å². The molecular weight excluding hydrogens is 294 g/mol. The number of nitrogens with zero attached hydrogens (tertiary/aromatic N) is 2. The van der Waals surface area contributed by atoms with Crippen LogP contribution >= 0.6 is 0 Å². The summed E-state index contributed by atoms with van der Waals surface area (Å²) in [5, 5.41) is 2.91. The van der Waals surface area contributed by atoms with Crippen molar-refractivity contribution in [1.82, 2.24) is 14.8 Å². The van der Waals surface area contributed by atoms with Gasteiger partial charge in [-0.3, -0.25) is 14.5 Å². The molecule has 6 nitrogen and oxygen atoms in total. The van der Waals surface area contributed by atoms with E-state index >= 15 is 0 Å². The van der Waals surface area contributed by atoms with E-state index in [-0.39, 0.29) is 17.6 Å². The molecule has 1 aliphatic heterocycles. The van der Waals surface area contributed by atoms with Crippen LogP contribution in [0.4, 0.5) is 0 Å². The highest BCUT2D eigenvalue weighted by Gasteiger charge is 2.24. The molecule has 0 radical (unpaired) electrons. The van der Waals surface area contributed by atoms with Gasteiger partial charge < -0.3 is 14.6 Å². The van der Waals surface area contributed by atoms with E-state index in [9.17, 15) is 9.59 Å². The smallest absolute Gasteiger partial charge is 0.250 e. The first-order valence-corrected chi connectivity index (χ1v) is 8.34. The minimum absolute atomic E-state index is 0.0109. The fraction of sp³-hybridized carbons (Fsp3) is 0.647. The van der Waals surface area contributed by atoms with E-state index in [0.29, 0.717) is 32.2 Å². The van der Waals surface area contributed by atoms with Gasteiger partial charge in [-0.15, -0.1) is 0 Å². The summed E-state index contributed by atoms with van der Waals surface area (Å²) in [4.78, 5) is 25.9. The van der Waals surface area contributed by atoms with E-state index in [1.54, 1.807) is 22.9 Å². The Kier molecular flexibility index (Phi) is 6.80. The van der Waals surface area contributed by atoms with Crippen LogP contribution in [0.2, 0.25) is 0 Å². The van der Waals surface area contributed by atoms with E-state index in [4.69, 9.17) is 4.74 Å². The van der Waals surface area contributed by atoms with Crippen LogP contribution in [-0.2, 0) is 16.1 Å². The maximum Gasteiger partial charge on any atom is 0.250 e. The molecule has 0 saturated carbocycles. The number of hydrogen-bond donors (Lipinski definition) is 1. The third-order valence-corrected chi connectivity index (χ3v) is 4.11. The Balaban J connectivity index is 1.65. The number of aryl methyl sites for hydroxylation is 1. The molecule has 1 aromatic heterocycles. The van der Waals surface area contributed by atoms with E-state index in [2.05, 4.69) is 24.1 Å². The Labute approximate surface area is 137 Å². The molecule has 1 aromatic rings. The Morgan fingerprint density at radius 3 is 3.00 bits per heavy atom. The molecule has 1 fully saturated rings. The molecule has 128 valence electrons. The van der Waals surface area contributed by atoms with Gasteiger partial charge in [-0.25, -0.2) is 0 Å². The molecule has 2 heterocycles. The quantitative estimate of drug-likeness (QED) is 0.757. The summed E-state index contributed by atoms with van der Waals surface area (Å²) in [6, 6.07) is 5.58. The number of pyridine rings is 1. The summed E-state index contributed by atoms with van der Waals surface area (Å²) in [7, 11) is 0. The Hall–Kier alpha value is -1.66. The number of rotatable bonds is 7. The van der Waals surface area contributed by atoms with Crippen molar-refractivity contribution in [3.63, 3.8) is 0 Å². The van der Waals surface area contributed by atoms with Crippen molar-refractivity contribution in [1.29, 1.82) is 0 Å². The topological polar surface area (TPSA) is 63.6 Å². The molecule has 1 aliphatic rings. The van der Waals surface area contributed by atoms with Gasteiger partial charge in [0.1, 0.15) is 0 Å². The number of amides is 1. The van der Waals surface area contributed by atoms with E-state index < -0.39 is 0 Å². The van der Waals surface area contributed by atoms with E-state index in [1.807, 2.05) is 6.07 Å². The average Bonchev–Trinajstić information content (AvgIpc) is 2.53. The van der Waals surface area contributed by atoms with Crippen LogP contribution < -0.4 is 10.9 Å². The zero-order chi connectivity index (χ0) is 16.7.